The number of rotatable bonds is 8. The molecular formula is C16H32N2O. The van der Waals surface area contributed by atoms with Crippen LogP contribution in [0.4, 0.5) is 0 Å². The molecule has 0 aromatic rings. The largest absolute Gasteiger partial charge is 0.395 e. The van der Waals surface area contributed by atoms with E-state index in [0.29, 0.717) is 12.6 Å². The Morgan fingerprint density at radius 1 is 1.21 bits per heavy atom. The minimum absolute atomic E-state index is 0.346. The molecule has 2 rings (SSSR count). The van der Waals surface area contributed by atoms with Gasteiger partial charge >= 0.3 is 0 Å². The summed E-state index contributed by atoms with van der Waals surface area (Å²) in [7, 11) is 0. The molecule has 3 nitrogen and oxygen atoms in total. The van der Waals surface area contributed by atoms with E-state index in [9.17, 15) is 5.11 Å². The fourth-order valence-corrected chi connectivity index (χ4v) is 3.77. The predicted molar refractivity (Wildman–Crippen MR) is 80.3 cm³/mol. The van der Waals surface area contributed by atoms with E-state index in [0.717, 1.165) is 12.0 Å². The Morgan fingerprint density at radius 2 is 2.11 bits per heavy atom. The molecule has 3 atom stereocenters. The molecule has 1 saturated carbocycles. The number of unbranched alkanes of at least 4 members (excludes halogenated alkanes) is 1. The minimum Gasteiger partial charge on any atom is -0.395 e. The summed E-state index contributed by atoms with van der Waals surface area (Å²) in [6.45, 7) is 6.22. The third-order valence-corrected chi connectivity index (χ3v) is 5.13. The molecule has 112 valence electrons. The van der Waals surface area contributed by atoms with Crippen LogP contribution in [0.25, 0.3) is 0 Å². The predicted octanol–water partition coefficient (Wildman–Crippen LogP) is 2.39. The van der Waals surface area contributed by atoms with Crippen molar-refractivity contribution in [1.82, 2.24) is 10.2 Å². The second-order valence-corrected chi connectivity index (χ2v) is 6.46. The van der Waals surface area contributed by atoms with Crippen LogP contribution in [0.1, 0.15) is 58.3 Å². The number of hydrogen-bond donors (Lipinski definition) is 2. The Morgan fingerprint density at radius 3 is 2.84 bits per heavy atom. The highest BCUT2D eigenvalue weighted by Gasteiger charge is 2.23. The van der Waals surface area contributed by atoms with Gasteiger partial charge in [0.05, 0.1) is 6.61 Å². The van der Waals surface area contributed by atoms with Crippen LogP contribution in [0.3, 0.4) is 0 Å². The van der Waals surface area contributed by atoms with Crippen molar-refractivity contribution >= 4 is 0 Å². The Bertz CT molecular complexity index is 247. The van der Waals surface area contributed by atoms with E-state index in [1.54, 1.807) is 0 Å². The molecule has 0 spiro atoms. The summed E-state index contributed by atoms with van der Waals surface area (Å²) in [6, 6.07) is 1.25. The van der Waals surface area contributed by atoms with Gasteiger partial charge in [-0.15, -0.1) is 0 Å². The van der Waals surface area contributed by atoms with Gasteiger partial charge in [0.1, 0.15) is 0 Å². The molecule has 2 N–H and O–H groups in total. The van der Waals surface area contributed by atoms with Gasteiger partial charge in [0.25, 0.3) is 0 Å². The summed E-state index contributed by atoms with van der Waals surface area (Å²) < 4.78 is 0. The van der Waals surface area contributed by atoms with E-state index in [1.807, 2.05) is 0 Å². The topological polar surface area (TPSA) is 35.5 Å². The molecule has 2 aliphatic rings. The fourth-order valence-electron chi connectivity index (χ4n) is 3.77. The molecule has 1 saturated heterocycles. The highest BCUT2D eigenvalue weighted by atomic mass is 16.3. The van der Waals surface area contributed by atoms with Crippen molar-refractivity contribution in [3.63, 3.8) is 0 Å². The van der Waals surface area contributed by atoms with Gasteiger partial charge in [0.15, 0.2) is 0 Å². The summed E-state index contributed by atoms with van der Waals surface area (Å²) in [5.41, 5.74) is 0. The van der Waals surface area contributed by atoms with E-state index in [4.69, 9.17) is 0 Å². The summed E-state index contributed by atoms with van der Waals surface area (Å²) in [5.74, 6) is 0.979. The third kappa shape index (κ3) is 4.73. The van der Waals surface area contributed by atoms with Crippen LogP contribution in [0.2, 0.25) is 0 Å². The van der Waals surface area contributed by atoms with E-state index >= 15 is 0 Å². The Kier molecular flexibility index (Phi) is 6.62. The number of likely N-dealkylation sites (tertiary alicyclic amines) is 1. The van der Waals surface area contributed by atoms with Gasteiger partial charge in [-0.1, -0.05) is 13.3 Å². The second kappa shape index (κ2) is 8.23. The lowest BCUT2D eigenvalue weighted by Gasteiger charge is -2.22. The van der Waals surface area contributed by atoms with E-state index in [-0.39, 0.29) is 0 Å². The molecule has 2 fully saturated rings. The summed E-state index contributed by atoms with van der Waals surface area (Å²) in [6.07, 6.45) is 10.6. The number of aliphatic hydroxyl groups excluding tert-OH is 1. The molecule has 1 aliphatic carbocycles. The van der Waals surface area contributed by atoms with Crippen molar-refractivity contribution < 1.29 is 5.11 Å². The molecular weight excluding hydrogens is 236 g/mol. The molecule has 0 radical (unpaired) electrons. The second-order valence-electron chi connectivity index (χ2n) is 6.46. The highest BCUT2D eigenvalue weighted by molar-refractivity contribution is 4.80. The van der Waals surface area contributed by atoms with Crippen LogP contribution in [-0.2, 0) is 0 Å². The van der Waals surface area contributed by atoms with Crippen LogP contribution in [0.5, 0.6) is 0 Å². The normalized spacial score (nSPS) is 32.2. The lowest BCUT2D eigenvalue weighted by atomic mass is 10.1. The van der Waals surface area contributed by atoms with Crippen LogP contribution in [0, 0.1) is 5.92 Å². The molecule has 3 heteroatoms. The van der Waals surface area contributed by atoms with Crippen molar-refractivity contribution in [2.24, 2.45) is 5.92 Å². The van der Waals surface area contributed by atoms with Crippen molar-refractivity contribution in [2.45, 2.75) is 70.4 Å². The van der Waals surface area contributed by atoms with Gasteiger partial charge in [-0.2, -0.15) is 0 Å². The van der Waals surface area contributed by atoms with Crippen LogP contribution >= 0.6 is 0 Å². The maximum atomic E-state index is 9.28. The highest BCUT2D eigenvalue weighted by Crippen LogP contribution is 2.27. The first-order valence-corrected chi connectivity index (χ1v) is 8.41. The number of hydrogen-bond acceptors (Lipinski definition) is 3. The Labute approximate surface area is 118 Å². The smallest absolute Gasteiger partial charge is 0.0586 e. The van der Waals surface area contributed by atoms with E-state index in [2.05, 4.69) is 17.1 Å². The summed E-state index contributed by atoms with van der Waals surface area (Å²) in [5, 5.41) is 13.0. The molecule has 1 aliphatic heterocycles. The maximum Gasteiger partial charge on any atom is 0.0586 e. The van der Waals surface area contributed by atoms with E-state index in [1.165, 1.54) is 71.0 Å². The molecule has 1 heterocycles. The van der Waals surface area contributed by atoms with Gasteiger partial charge in [0.2, 0.25) is 0 Å². The van der Waals surface area contributed by atoms with Crippen molar-refractivity contribution in [3.8, 4) is 0 Å². The zero-order valence-electron chi connectivity index (χ0n) is 12.6. The third-order valence-electron chi connectivity index (χ3n) is 5.13. The van der Waals surface area contributed by atoms with Crippen molar-refractivity contribution in [2.75, 3.05) is 26.2 Å². The first-order chi connectivity index (χ1) is 9.33. The molecule has 0 aromatic heterocycles. The molecule has 0 amide bonds. The van der Waals surface area contributed by atoms with Crippen LogP contribution < -0.4 is 5.32 Å². The zero-order chi connectivity index (χ0) is 13.5. The lowest BCUT2D eigenvalue weighted by molar-refractivity contribution is 0.157. The van der Waals surface area contributed by atoms with Crippen LogP contribution in [-0.4, -0.2) is 48.3 Å². The monoisotopic (exact) mass is 268 g/mol. The number of aliphatic hydroxyl groups is 1. The molecule has 19 heavy (non-hydrogen) atoms. The summed E-state index contributed by atoms with van der Waals surface area (Å²) in [4.78, 5) is 2.47. The van der Waals surface area contributed by atoms with Gasteiger partial charge in [-0.05, 0) is 70.5 Å². The zero-order valence-corrected chi connectivity index (χ0v) is 12.6. The van der Waals surface area contributed by atoms with Gasteiger partial charge in [-0.3, -0.25) is 4.90 Å². The SMILES string of the molecule is CCC1CCC(NCCCCN2CCCC2CO)C1. The maximum absolute atomic E-state index is 9.28. The molecule has 0 bridgehead atoms. The summed E-state index contributed by atoms with van der Waals surface area (Å²) >= 11 is 0. The fraction of sp³-hybridized carbons (Fsp3) is 1.00. The Balaban J connectivity index is 1.48. The van der Waals surface area contributed by atoms with Gasteiger partial charge in [0, 0.05) is 12.1 Å². The standard InChI is InChI=1S/C16H32N2O/c1-2-14-7-8-15(12-14)17-9-3-4-10-18-11-5-6-16(18)13-19/h14-17,19H,2-13H2,1H3. The first-order valence-electron chi connectivity index (χ1n) is 8.41. The first kappa shape index (κ1) is 15.3. The van der Waals surface area contributed by atoms with Gasteiger partial charge < -0.3 is 10.4 Å². The van der Waals surface area contributed by atoms with Gasteiger partial charge in [-0.25, -0.2) is 0 Å². The average Bonchev–Trinajstić information content (AvgIpc) is 3.06. The van der Waals surface area contributed by atoms with Crippen molar-refractivity contribution in [3.05, 3.63) is 0 Å². The quantitative estimate of drug-likeness (QED) is 0.664. The molecule has 3 unspecified atom stereocenters. The average molecular weight is 268 g/mol. The minimum atomic E-state index is 0.346. The Hall–Kier alpha value is -0.120. The number of nitrogens with one attached hydrogen (secondary N) is 1. The van der Waals surface area contributed by atoms with Crippen LogP contribution in [0.15, 0.2) is 0 Å². The molecule has 0 aromatic carbocycles. The van der Waals surface area contributed by atoms with Crippen molar-refractivity contribution in [1.29, 1.82) is 0 Å². The van der Waals surface area contributed by atoms with E-state index < -0.39 is 0 Å². The number of nitrogens with zero attached hydrogens (tertiary/aromatic N) is 1. The lowest BCUT2D eigenvalue weighted by Crippen LogP contribution is -2.33.